The first-order valence-electron chi connectivity index (χ1n) is 12.7. The summed E-state index contributed by atoms with van der Waals surface area (Å²) >= 11 is 0. The summed E-state index contributed by atoms with van der Waals surface area (Å²) in [6, 6.07) is 40.3. The second-order valence-electron chi connectivity index (χ2n) is 9.09. The van der Waals surface area contributed by atoms with Gasteiger partial charge in [-0.05, 0) is 30.3 Å². The van der Waals surface area contributed by atoms with Crippen LogP contribution in [0.1, 0.15) is 0 Å². The second kappa shape index (κ2) is 9.76. The fourth-order valence-corrected chi connectivity index (χ4v) is 4.70. The van der Waals surface area contributed by atoms with E-state index >= 15 is 0 Å². The Morgan fingerprint density at radius 3 is 1.72 bits per heavy atom. The molecule has 7 rings (SSSR count). The molecule has 184 valence electrons. The molecule has 0 radical (unpaired) electrons. The van der Waals surface area contributed by atoms with E-state index in [-0.39, 0.29) is 0 Å². The molecule has 0 spiro atoms. The first-order valence-corrected chi connectivity index (χ1v) is 12.7. The molecule has 0 fully saturated rings. The number of imidazole rings is 1. The van der Waals surface area contributed by atoms with Crippen molar-refractivity contribution in [1.82, 2.24) is 29.5 Å². The first kappa shape index (κ1) is 22.7. The molecule has 0 aliphatic rings. The minimum Gasteiger partial charge on any atom is -0.291 e. The van der Waals surface area contributed by atoms with E-state index in [0.29, 0.717) is 17.5 Å². The van der Waals surface area contributed by atoms with Gasteiger partial charge in [0.25, 0.3) is 0 Å². The third-order valence-corrected chi connectivity index (χ3v) is 6.54. The van der Waals surface area contributed by atoms with Gasteiger partial charge < -0.3 is 0 Å². The average Bonchev–Trinajstić information content (AvgIpc) is 3.42. The van der Waals surface area contributed by atoms with E-state index in [9.17, 15) is 0 Å². The van der Waals surface area contributed by atoms with Crippen molar-refractivity contribution in [2.75, 3.05) is 0 Å². The molecule has 3 aromatic heterocycles. The van der Waals surface area contributed by atoms with Gasteiger partial charge in [0.05, 0.1) is 22.9 Å². The molecule has 0 atom stereocenters. The molecule has 6 heteroatoms. The van der Waals surface area contributed by atoms with Gasteiger partial charge in [0.2, 0.25) is 0 Å². The van der Waals surface area contributed by atoms with E-state index in [1.54, 1.807) is 6.20 Å². The SMILES string of the molecule is c1ccc(-c2nc(-c3ccccc3)nc(-c3cccc(-c4nc5ccccc5n4-c4cccnc4)c3)n2)cc1. The molecular formula is C33H22N6. The topological polar surface area (TPSA) is 69.4 Å². The molecule has 0 amide bonds. The van der Waals surface area contributed by atoms with Crippen LogP contribution in [0.3, 0.4) is 0 Å². The molecule has 0 unspecified atom stereocenters. The normalized spacial score (nSPS) is 11.1. The van der Waals surface area contributed by atoms with Gasteiger partial charge in [-0.1, -0.05) is 91.0 Å². The van der Waals surface area contributed by atoms with Crippen molar-refractivity contribution in [3.63, 3.8) is 0 Å². The zero-order chi connectivity index (χ0) is 26.0. The molecule has 39 heavy (non-hydrogen) atoms. The average molecular weight is 503 g/mol. The molecule has 6 nitrogen and oxygen atoms in total. The zero-order valence-electron chi connectivity index (χ0n) is 20.9. The van der Waals surface area contributed by atoms with Gasteiger partial charge in [-0.25, -0.2) is 19.9 Å². The van der Waals surface area contributed by atoms with E-state index in [1.165, 1.54) is 0 Å². The number of rotatable bonds is 5. The molecule has 4 aromatic carbocycles. The Bertz CT molecular complexity index is 1840. The van der Waals surface area contributed by atoms with Crippen molar-refractivity contribution in [3.05, 3.63) is 134 Å². The number of hydrogen-bond donors (Lipinski definition) is 0. The maximum Gasteiger partial charge on any atom is 0.164 e. The maximum atomic E-state index is 5.01. The van der Waals surface area contributed by atoms with Crippen LogP contribution >= 0.6 is 0 Å². The number of benzene rings is 4. The summed E-state index contributed by atoms with van der Waals surface area (Å²) in [4.78, 5) is 24.0. The van der Waals surface area contributed by atoms with Crippen LogP contribution < -0.4 is 0 Å². The van der Waals surface area contributed by atoms with Gasteiger partial charge in [-0.15, -0.1) is 0 Å². The van der Waals surface area contributed by atoms with Gasteiger partial charge in [0.15, 0.2) is 17.5 Å². The highest BCUT2D eigenvalue weighted by atomic mass is 15.1. The molecule has 0 N–H and O–H groups in total. The highest BCUT2D eigenvalue weighted by molar-refractivity contribution is 5.84. The van der Waals surface area contributed by atoms with E-state index in [4.69, 9.17) is 19.9 Å². The predicted molar refractivity (Wildman–Crippen MR) is 154 cm³/mol. The highest BCUT2D eigenvalue weighted by Crippen LogP contribution is 2.31. The monoisotopic (exact) mass is 502 g/mol. The molecule has 0 aliphatic heterocycles. The van der Waals surface area contributed by atoms with Gasteiger partial charge in [-0.2, -0.15) is 0 Å². The van der Waals surface area contributed by atoms with Gasteiger partial charge in [0, 0.05) is 28.5 Å². The summed E-state index contributed by atoms with van der Waals surface area (Å²) < 4.78 is 2.14. The van der Waals surface area contributed by atoms with Crippen LogP contribution in [-0.4, -0.2) is 29.5 Å². The van der Waals surface area contributed by atoms with Crippen LogP contribution in [0.4, 0.5) is 0 Å². The van der Waals surface area contributed by atoms with Crippen molar-refractivity contribution in [3.8, 4) is 51.2 Å². The lowest BCUT2D eigenvalue weighted by Crippen LogP contribution is -2.01. The Kier molecular flexibility index (Phi) is 5.68. The lowest BCUT2D eigenvalue weighted by molar-refractivity contribution is 1.07. The lowest BCUT2D eigenvalue weighted by Gasteiger charge is -2.11. The van der Waals surface area contributed by atoms with Crippen LogP contribution in [0.2, 0.25) is 0 Å². The summed E-state index contributed by atoms with van der Waals surface area (Å²) in [7, 11) is 0. The maximum absolute atomic E-state index is 5.01. The number of aromatic nitrogens is 6. The van der Waals surface area contributed by atoms with Crippen LogP contribution in [0.15, 0.2) is 134 Å². The van der Waals surface area contributed by atoms with Crippen molar-refractivity contribution >= 4 is 11.0 Å². The molecule has 3 heterocycles. The highest BCUT2D eigenvalue weighted by Gasteiger charge is 2.17. The summed E-state index contributed by atoms with van der Waals surface area (Å²) in [6.45, 7) is 0. The number of hydrogen-bond acceptors (Lipinski definition) is 5. The number of nitrogens with zero attached hydrogens (tertiary/aromatic N) is 6. The van der Waals surface area contributed by atoms with Crippen molar-refractivity contribution < 1.29 is 0 Å². The summed E-state index contributed by atoms with van der Waals surface area (Å²) in [5.74, 6) is 2.69. The van der Waals surface area contributed by atoms with Crippen LogP contribution in [-0.2, 0) is 0 Å². The van der Waals surface area contributed by atoms with Gasteiger partial charge in [-0.3, -0.25) is 9.55 Å². The summed E-state index contributed by atoms with van der Waals surface area (Å²) in [6.07, 6.45) is 3.63. The Balaban J connectivity index is 1.41. The third kappa shape index (κ3) is 4.34. The molecule has 7 aromatic rings. The summed E-state index contributed by atoms with van der Waals surface area (Å²) in [5, 5.41) is 0. The third-order valence-electron chi connectivity index (χ3n) is 6.54. The van der Waals surface area contributed by atoms with Crippen molar-refractivity contribution in [2.24, 2.45) is 0 Å². The van der Waals surface area contributed by atoms with Crippen molar-refractivity contribution in [1.29, 1.82) is 0 Å². The zero-order valence-corrected chi connectivity index (χ0v) is 20.9. The fraction of sp³-hybridized carbons (Fsp3) is 0. The Hall–Kier alpha value is -5.49. The number of pyridine rings is 1. The Labute approximate surface area is 225 Å². The fourth-order valence-electron chi connectivity index (χ4n) is 4.70. The smallest absolute Gasteiger partial charge is 0.164 e. The van der Waals surface area contributed by atoms with E-state index in [2.05, 4.69) is 27.8 Å². The van der Waals surface area contributed by atoms with Crippen LogP contribution in [0.5, 0.6) is 0 Å². The largest absolute Gasteiger partial charge is 0.291 e. The Morgan fingerprint density at radius 2 is 1.05 bits per heavy atom. The first-order chi connectivity index (χ1) is 19.3. The predicted octanol–water partition coefficient (Wildman–Crippen LogP) is 7.27. The standard InChI is InChI=1S/C33H22N6/c1-3-11-23(12-4-1)30-36-31(24-13-5-2-6-14-24)38-32(37-30)25-15-9-16-26(21-25)33-35-28-18-7-8-19-29(28)39(33)27-17-10-20-34-22-27/h1-22H. The summed E-state index contributed by atoms with van der Waals surface area (Å²) in [5.41, 5.74) is 6.60. The molecule has 0 bridgehead atoms. The van der Waals surface area contributed by atoms with Crippen LogP contribution in [0.25, 0.3) is 62.3 Å². The van der Waals surface area contributed by atoms with E-state index < -0.39 is 0 Å². The van der Waals surface area contributed by atoms with Crippen molar-refractivity contribution in [2.45, 2.75) is 0 Å². The molecule has 0 aliphatic carbocycles. The number of fused-ring (bicyclic) bond motifs is 1. The van der Waals surface area contributed by atoms with Gasteiger partial charge in [0.1, 0.15) is 5.82 Å². The van der Waals surface area contributed by atoms with E-state index in [0.717, 1.165) is 44.8 Å². The van der Waals surface area contributed by atoms with Gasteiger partial charge >= 0.3 is 0 Å². The molecular weight excluding hydrogens is 480 g/mol. The minimum absolute atomic E-state index is 0.605. The Morgan fingerprint density at radius 1 is 0.462 bits per heavy atom. The van der Waals surface area contributed by atoms with Crippen LogP contribution in [0, 0.1) is 0 Å². The van der Waals surface area contributed by atoms with E-state index in [1.807, 2.05) is 109 Å². The quantitative estimate of drug-likeness (QED) is 0.247. The molecule has 0 saturated heterocycles. The second-order valence-corrected chi connectivity index (χ2v) is 9.09. The lowest BCUT2D eigenvalue weighted by atomic mass is 10.1. The number of para-hydroxylation sites is 2. The minimum atomic E-state index is 0.605. The molecule has 0 saturated carbocycles.